The predicted octanol–water partition coefficient (Wildman–Crippen LogP) is 1.95. The number of benzene rings is 1. The van der Waals surface area contributed by atoms with Crippen LogP contribution in [0.4, 0.5) is 0 Å². The second-order valence-electron chi connectivity index (χ2n) is 5.33. The van der Waals surface area contributed by atoms with Crippen LogP contribution >= 0.6 is 0 Å². The fraction of sp³-hybridized carbons (Fsp3) is 0.500. The quantitative estimate of drug-likeness (QED) is 0.900. The Balaban J connectivity index is 1.91. The van der Waals surface area contributed by atoms with Gasteiger partial charge >= 0.3 is 5.97 Å². The van der Waals surface area contributed by atoms with E-state index in [1.54, 1.807) is 12.0 Å². The van der Waals surface area contributed by atoms with Crippen LogP contribution in [-0.4, -0.2) is 42.1 Å². The SMILES string of the molecule is COc1ccccc1CCC(=O)N1CCCC(C(=O)O)C1. The molecule has 2 rings (SSSR count). The fourth-order valence-electron chi connectivity index (χ4n) is 2.71. The van der Waals surface area contributed by atoms with Gasteiger partial charge in [-0.25, -0.2) is 0 Å². The number of hydrogen-bond donors (Lipinski definition) is 1. The number of likely N-dealkylation sites (tertiary alicyclic amines) is 1. The number of carboxylic acids is 1. The first kappa shape index (κ1) is 15.4. The number of aliphatic carboxylic acids is 1. The Kier molecular flexibility index (Phi) is 5.20. The van der Waals surface area contributed by atoms with Gasteiger partial charge in [-0.2, -0.15) is 0 Å². The number of hydrogen-bond acceptors (Lipinski definition) is 3. The summed E-state index contributed by atoms with van der Waals surface area (Å²) in [4.78, 5) is 24.9. The van der Waals surface area contributed by atoms with Crippen LogP contribution in [0, 0.1) is 5.92 Å². The number of carboxylic acid groups (broad SMARTS) is 1. The van der Waals surface area contributed by atoms with Gasteiger partial charge in [0.1, 0.15) is 5.75 Å². The molecule has 5 heteroatoms. The second kappa shape index (κ2) is 7.11. The van der Waals surface area contributed by atoms with Crippen molar-refractivity contribution < 1.29 is 19.4 Å². The standard InChI is InChI=1S/C16H21NO4/c1-21-14-7-3-2-5-12(14)8-9-15(18)17-10-4-6-13(11-17)16(19)20/h2-3,5,7,13H,4,6,8-11H2,1H3,(H,19,20). The lowest BCUT2D eigenvalue weighted by Gasteiger charge is -2.30. The van der Waals surface area contributed by atoms with Crippen molar-refractivity contribution in [1.82, 2.24) is 4.90 Å². The number of ether oxygens (including phenoxy) is 1. The van der Waals surface area contributed by atoms with Gasteiger partial charge in [-0.1, -0.05) is 18.2 Å². The van der Waals surface area contributed by atoms with Gasteiger partial charge in [-0.15, -0.1) is 0 Å². The highest BCUT2D eigenvalue weighted by atomic mass is 16.5. The average molecular weight is 291 g/mol. The first-order chi connectivity index (χ1) is 10.1. The monoisotopic (exact) mass is 291 g/mol. The van der Waals surface area contributed by atoms with Crippen LogP contribution in [0.15, 0.2) is 24.3 Å². The number of aryl methyl sites for hydroxylation is 1. The lowest BCUT2D eigenvalue weighted by atomic mass is 9.97. The molecule has 1 unspecified atom stereocenters. The summed E-state index contributed by atoms with van der Waals surface area (Å²) in [7, 11) is 1.61. The number of para-hydroxylation sites is 1. The average Bonchev–Trinajstić information content (AvgIpc) is 2.52. The molecule has 1 aliphatic heterocycles. The zero-order chi connectivity index (χ0) is 15.2. The third-order valence-electron chi connectivity index (χ3n) is 3.92. The second-order valence-corrected chi connectivity index (χ2v) is 5.33. The van der Waals surface area contributed by atoms with E-state index in [2.05, 4.69) is 0 Å². The maximum atomic E-state index is 12.2. The zero-order valence-corrected chi connectivity index (χ0v) is 12.2. The fourth-order valence-corrected chi connectivity index (χ4v) is 2.71. The third kappa shape index (κ3) is 3.97. The van der Waals surface area contributed by atoms with E-state index in [0.29, 0.717) is 32.4 Å². The molecule has 1 atom stereocenters. The van der Waals surface area contributed by atoms with E-state index in [1.807, 2.05) is 24.3 Å². The van der Waals surface area contributed by atoms with E-state index in [0.717, 1.165) is 17.7 Å². The van der Waals surface area contributed by atoms with Crippen LogP contribution in [0.25, 0.3) is 0 Å². The largest absolute Gasteiger partial charge is 0.496 e. The van der Waals surface area contributed by atoms with Crippen LogP contribution in [0.5, 0.6) is 5.75 Å². The first-order valence-corrected chi connectivity index (χ1v) is 7.24. The number of amides is 1. The summed E-state index contributed by atoms with van der Waals surface area (Å²) in [6.45, 7) is 0.995. The highest BCUT2D eigenvalue weighted by Crippen LogP contribution is 2.21. The van der Waals surface area contributed by atoms with Crippen LogP contribution in [-0.2, 0) is 16.0 Å². The van der Waals surface area contributed by atoms with Crippen molar-refractivity contribution in [3.05, 3.63) is 29.8 Å². The summed E-state index contributed by atoms with van der Waals surface area (Å²) < 4.78 is 5.27. The highest BCUT2D eigenvalue weighted by Gasteiger charge is 2.27. The molecule has 1 aliphatic rings. The Hall–Kier alpha value is -2.04. The molecule has 5 nitrogen and oxygen atoms in total. The molecule has 0 aliphatic carbocycles. The van der Waals surface area contributed by atoms with E-state index >= 15 is 0 Å². The Morgan fingerprint density at radius 3 is 2.86 bits per heavy atom. The summed E-state index contributed by atoms with van der Waals surface area (Å²) in [6, 6.07) is 7.64. The Bertz CT molecular complexity index is 515. The van der Waals surface area contributed by atoms with E-state index in [1.165, 1.54) is 0 Å². The molecule has 0 radical (unpaired) electrons. The molecule has 0 saturated carbocycles. The van der Waals surface area contributed by atoms with Gasteiger partial charge in [0.2, 0.25) is 5.91 Å². The molecule has 1 N–H and O–H groups in total. The van der Waals surface area contributed by atoms with E-state index in [4.69, 9.17) is 9.84 Å². The molecule has 0 bridgehead atoms. The number of nitrogens with zero attached hydrogens (tertiary/aromatic N) is 1. The predicted molar refractivity (Wildman–Crippen MR) is 78.3 cm³/mol. The maximum absolute atomic E-state index is 12.2. The number of carbonyl (C=O) groups is 2. The number of methoxy groups -OCH3 is 1. The molecular formula is C16H21NO4. The summed E-state index contributed by atoms with van der Waals surface area (Å²) in [5.41, 5.74) is 1.00. The third-order valence-corrected chi connectivity index (χ3v) is 3.92. The van der Waals surface area contributed by atoms with Crippen LogP contribution in [0.3, 0.4) is 0 Å². The van der Waals surface area contributed by atoms with Crippen molar-refractivity contribution in [2.75, 3.05) is 20.2 Å². The van der Waals surface area contributed by atoms with Gasteiger partial charge < -0.3 is 14.7 Å². The highest BCUT2D eigenvalue weighted by molar-refractivity contribution is 5.78. The molecule has 1 aromatic rings. The van der Waals surface area contributed by atoms with Crippen LogP contribution < -0.4 is 4.74 Å². The summed E-state index contributed by atoms with van der Waals surface area (Å²) in [5.74, 6) is -0.426. The van der Waals surface area contributed by atoms with Crippen LogP contribution in [0.2, 0.25) is 0 Å². The maximum Gasteiger partial charge on any atom is 0.308 e. The molecular weight excluding hydrogens is 270 g/mol. The van der Waals surface area contributed by atoms with E-state index < -0.39 is 11.9 Å². The number of rotatable bonds is 5. The molecule has 1 fully saturated rings. The van der Waals surface area contributed by atoms with Gasteiger partial charge in [0.05, 0.1) is 13.0 Å². The van der Waals surface area contributed by atoms with Crippen LogP contribution in [0.1, 0.15) is 24.8 Å². The van der Waals surface area contributed by atoms with Gasteiger partial charge in [-0.3, -0.25) is 9.59 Å². The molecule has 1 aromatic carbocycles. The molecule has 0 aromatic heterocycles. The minimum absolute atomic E-state index is 0.0202. The van der Waals surface area contributed by atoms with Crippen molar-refractivity contribution in [2.24, 2.45) is 5.92 Å². The number of carbonyl (C=O) groups excluding carboxylic acids is 1. The van der Waals surface area contributed by atoms with Gasteiger partial charge in [0, 0.05) is 19.5 Å². The van der Waals surface area contributed by atoms with E-state index in [9.17, 15) is 9.59 Å². The van der Waals surface area contributed by atoms with Gasteiger partial charge in [0.25, 0.3) is 0 Å². The van der Waals surface area contributed by atoms with Crippen molar-refractivity contribution in [3.8, 4) is 5.75 Å². The summed E-state index contributed by atoms with van der Waals surface area (Å²) in [5, 5.41) is 9.06. The van der Waals surface area contributed by atoms with Crippen molar-refractivity contribution in [2.45, 2.75) is 25.7 Å². The van der Waals surface area contributed by atoms with Crippen molar-refractivity contribution in [1.29, 1.82) is 0 Å². The lowest BCUT2D eigenvalue weighted by Crippen LogP contribution is -2.42. The van der Waals surface area contributed by atoms with E-state index in [-0.39, 0.29) is 5.91 Å². The normalized spacial score (nSPS) is 18.3. The molecule has 0 spiro atoms. The minimum atomic E-state index is -0.808. The van der Waals surface area contributed by atoms with Crippen molar-refractivity contribution in [3.63, 3.8) is 0 Å². The smallest absolute Gasteiger partial charge is 0.308 e. The lowest BCUT2D eigenvalue weighted by molar-refractivity contribution is -0.145. The molecule has 21 heavy (non-hydrogen) atoms. The molecule has 1 amide bonds. The Labute approximate surface area is 124 Å². The molecule has 114 valence electrons. The Morgan fingerprint density at radius 2 is 2.14 bits per heavy atom. The number of piperidine rings is 1. The zero-order valence-electron chi connectivity index (χ0n) is 12.2. The van der Waals surface area contributed by atoms with Gasteiger partial charge in [-0.05, 0) is 30.9 Å². The summed E-state index contributed by atoms with van der Waals surface area (Å²) in [6.07, 6.45) is 2.41. The molecule has 1 saturated heterocycles. The van der Waals surface area contributed by atoms with Gasteiger partial charge in [0.15, 0.2) is 0 Å². The minimum Gasteiger partial charge on any atom is -0.496 e. The van der Waals surface area contributed by atoms with Crippen molar-refractivity contribution >= 4 is 11.9 Å². The molecule has 1 heterocycles. The first-order valence-electron chi connectivity index (χ1n) is 7.24. The summed E-state index contributed by atoms with van der Waals surface area (Å²) >= 11 is 0. The Morgan fingerprint density at radius 1 is 1.38 bits per heavy atom. The topological polar surface area (TPSA) is 66.8 Å².